The van der Waals surface area contributed by atoms with E-state index in [1.54, 1.807) is 13.8 Å². The zero-order valence-corrected chi connectivity index (χ0v) is 13.6. The van der Waals surface area contributed by atoms with Crippen LogP contribution in [-0.2, 0) is 5.41 Å². The molecule has 0 aliphatic carbocycles. The topological polar surface area (TPSA) is 26.0 Å². The van der Waals surface area contributed by atoms with Gasteiger partial charge in [0.1, 0.15) is 5.67 Å². The van der Waals surface area contributed by atoms with E-state index < -0.39 is 11.1 Å². The lowest BCUT2D eigenvalue weighted by Gasteiger charge is -2.49. The first-order valence-electron chi connectivity index (χ1n) is 6.88. The fourth-order valence-corrected chi connectivity index (χ4v) is 2.84. The Bertz CT molecular complexity index is 438. The maximum Gasteiger partial charge on any atom is 0.115 e. The van der Waals surface area contributed by atoms with Crippen molar-refractivity contribution in [2.45, 2.75) is 66.5 Å². The number of rotatable bonds is 2. The predicted molar refractivity (Wildman–Crippen MR) is 82.3 cm³/mol. The molecule has 19 heavy (non-hydrogen) atoms. The summed E-state index contributed by atoms with van der Waals surface area (Å²) in [6, 6.07) is 4.02. The van der Waals surface area contributed by atoms with Crippen molar-refractivity contribution in [3.8, 4) is 0 Å². The van der Waals surface area contributed by atoms with Gasteiger partial charge in [-0.3, -0.25) is 0 Å². The lowest BCUT2D eigenvalue weighted by Crippen LogP contribution is -2.51. The normalized spacial score (nSPS) is 16.3. The van der Waals surface area contributed by atoms with Gasteiger partial charge in [0.25, 0.3) is 0 Å². The lowest BCUT2D eigenvalue weighted by atomic mass is 9.57. The van der Waals surface area contributed by atoms with Crippen LogP contribution in [0.2, 0.25) is 0 Å². The Balaban J connectivity index is 3.62. The number of hydrogen-bond donors (Lipinski definition) is 1. The van der Waals surface area contributed by atoms with E-state index in [1.165, 1.54) is 0 Å². The second kappa shape index (κ2) is 4.50. The molecule has 0 bridgehead atoms. The van der Waals surface area contributed by atoms with Gasteiger partial charge in [-0.05, 0) is 55.9 Å². The van der Waals surface area contributed by atoms with Crippen LogP contribution in [0.5, 0.6) is 0 Å². The molecule has 0 spiro atoms. The second-order valence-electron chi connectivity index (χ2n) is 7.35. The van der Waals surface area contributed by atoms with E-state index in [-0.39, 0.29) is 5.41 Å². The van der Waals surface area contributed by atoms with Crippen molar-refractivity contribution in [3.05, 3.63) is 28.8 Å². The van der Waals surface area contributed by atoms with Crippen molar-refractivity contribution in [2.24, 2.45) is 5.41 Å². The van der Waals surface area contributed by atoms with E-state index in [1.807, 2.05) is 26.8 Å². The zero-order chi connectivity index (χ0) is 15.2. The van der Waals surface area contributed by atoms with Gasteiger partial charge in [-0.1, -0.05) is 33.8 Å². The van der Waals surface area contributed by atoms with Gasteiger partial charge in [0, 0.05) is 11.1 Å². The standard InChI is InChI=1S/C17H28FN/c1-11-9-13(10-14(19)12(11)2)17(8,15(3,4)5)16(6,7)18/h9-10H,19H2,1-8H3. The summed E-state index contributed by atoms with van der Waals surface area (Å²) in [7, 11) is 0. The van der Waals surface area contributed by atoms with Crippen LogP contribution < -0.4 is 5.73 Å². The summed E-state index contributed by atoms with van der Waals surface area (Å²) in [5.74, 6) is 0. The average Bonchev–Trinajstić information content (AvgIpc) is 2.20. The Hall–Kier alpha value is -1.05. The maximum atomic E-state index is 14.9. The molecule has 1 rings (SSSR count). The molecule has 0 saturated heterocycles. The molecule has 1 nitrogen and oxygen atoms in total. The highest BCUT2D eigenvalue weighted by atomic mass is 19.1. The van der Waals surface area contributed by atoms with Gasteiger partial charge in [0.15, 0.2) is 0 Å². The molecular formula is C17H28FN. The fraction of sp³-hybridized carbons (Fsp3) is 0.647. The third kappa shape index (κ3) is 2.50. The second-order valence-corrected chi connectivity index (χ2v) is 7.35. The molecule has 0 aromatic heterocycles. The molecule has 1 aromatic rings. The number of aryl methyl sites for hydroxylation is 1. The molecule has 0 radical (unpaired) electrons. The summed E-state index contributed by atoms with van der Waals surface area (Å²) in [5, 5.41) is 0. The molecular weight excluding hydrogens is 237 g/mol. The molecule has 0 heterocycles. The summed E-state index contributed by atoms with van der Waals surface area (Å²) in [6.45, 7) is 15.6. The van der Waals surface area contributed by atoms with Gasteiger partial charge >= 0.3 is 0 Å². The Morgan fingerprint density at radius 3 is 1.74 bits per heavy atom. The van der Waals surface area contributed by atoms with E-state index in [4.69, 9.17) is 5.73 Å². The van der Waals surface area contributed by atoms with Crippen LogP contribution in [0.15, 0.2) is 12.1 Å². The van der Waals surface area contributed by atoms with E-state index in [9.17, 15) is 4.39 Å². The minimum absolute atomic E-state index is 0.209. The highest BCUT2D eigenvalue weighted by molar-refractivity contribution is 5.54. The Kier molecular flexibility index (Phi) is 3.79. The van der Waals surface area contributed by atoms with Crippen molar-refractivity contribution in [1.29, 1.82) is 0 Å². The molecule has 0 amide bonds. The van der Waals surface area contributed by atoms with Gasteiger partial charge < -0.3 is 5.73 Å². The van der Waals surface area contributed by atoms with Crippen LogP contribution in [0, 0.1) is 19.3 Å². The molecule has 0 saturated carbocycles. The number of nitrogen functional groups attached to an aromatic ring is 1. The van der Waals surface area contributed by atoms with Crippen molar-refractivity contribution in [1.82, 2.24) is 0 Å². The first kappa shape index (κ1) is 16.0. The smallest absolute Gasteiger partial charge is 0.115 e. The third-order valence-corrected chi connectivity index (χ3v) is 4.97. The van der Waals surface area contributed by atoms with Gasteiger partial charge in [-0.15, -0.1) is 0 Å². The molecule has 2 heteroatoms. The SMILES string of the molecule is Cc1cc(C(C)(C(C)(C)C)C(C)(C)F)cc(N)c1C. The number of halogens is 1. The minimum Gasteiger partial charge on any atom is -0.398 e. The van der Waals surface area contributed by atoms with Crippen molar-refractivity contribution in [3.63, 3.8) is 0 Å². The number of hydrogen-bond acceptors (Lipinski definition) is 1. The van der Waals surface area contributed by atoms with Crippen molar-refractivity contribution in [2.75, 3.05) is 5.73 Å². The molecule has 2 N–H and O–H groups in total. The van der Waals surface area contributed by atoms with Gasteiger partial charge in [0.2, 0.25) is 0 Å². The van der Waals surface area contributed by atoms with Gasteiger partial charge in [-0.2, -0.15) is 0 Å². The first-order chi connectivity index (χ1) is 8.32. The molecule has 1 atom stereocenters. The number of alkyl halides is 1. The molecule has 0 aliphatic heterocycles. The molecule has 1 unspecified atom stereocenters. The van der Waals surface area contributed by atoms with E-state index in [0.29, 0.717) is 0 Å². The highest BCUT2D eigenvalue weighted by Gasteiger charge is 2.51. The summed E-state index contributed by atoms with van der Waals surface area (Å²) in [4.78, 5) is 0. The zero-order valence-electron chi connectivity index (χ0n) is 13.6. The summed E-state index contributed by atoms with van der Waals surface area (Å²) in [5.41, 5.74) is 7.86. The van der Waals surface area contributed by atoms with Crippen LogP contribution in [0.4, 0.5) is 10.1 Å². The Morgan fingerprint density at radius 2 is 1.42 bits per heavy atom. The molecule has 1 aromatic carbocycles. The molecule has 108 valence electrons. The molecule has 0 aliphatic rings. The Labute approximate surface area is 117 Å². The van der Waals surface area contributed by atoms with E-state index in [0.717, 1.165) is 22.4 Å². The molecule has 0 fully saturated rings. The minimum atomic E-state index is -1.33. The van der Waals surface area contributed by atoms with E-state index >= 15 is 0 Å². The van der Waals surface area contributed by atoms with Crippen LogP contribution in [0.1, 0.15) is 58.2 Å². The Morgan fingerprint density at radius 1 is 0.947 bits per heavy atom. The van der Waals surface area contributed by atoms with Crippen LogP contribution in [0.3, 0.4) is 0 Å². The lowest BCUT2D eigenvalue weighted by molar-refractivity contribution is 0.0178. The fourth-order valence-electron chi connectivity index (χ4n) is 2.84. The maximum absolute atomic E-state index is 14.9. The average molecular weight is 265 g/mol. The number of benzene rings is 1. The highest BCUT2D eigenvalue weighted by Crippen LogP contribution is 2.51. The van der Waals surface area contributed by atoms with Gasteiger partial charge in [0.05, 0.1) is 0 Å². The van der Waals surface area contributed by atoms with Gasteiger partial charge in [-0.25, -0.2) is 4.39 Å². The predicted octanol–water partition coefficient (Wildman–Crippen LogP) is 4.94. The quantitative estimate of drug-likeness (QED) is 0.753. The van der Waals surface area contributed by atoms with E-state index in [2.05, 4.69) is 26.8 Å². The summed E-state index contributed by atoms with van der Waals surface area (Å²) in [6.07, 6.45) is 0. The van der Waals surface area contributed by atoms with Crippen LogP contribution in [0.25, 0.3) is 0 Å². The van der Waals surface area contributed by atoms with Crippen LogP contribution >= 0.6 is 0 Å². The largest absolute Gasteiger partial charge is 0.398 e. The van der Waals surface area contributed by atoms with Crippen LogP contribution in [-0.4, -0.2) is 5.67 Å². The summed E-state index contributed by atoms with van der Waals surface area (Å²) < 4.78 is 14.9. The summed E-state index contributed by atoms with van der Waals surface area (Å²) >= 11 is 0. The third-order valence-electron chi connectivity index (χ3n) is 4.97. The first-order valence-corrected chi connectivity index (χ1v) is 6.88. The monoisotopic (exact) mass is 265 g/mol. The van der Waals surface area contributed by atoms with Crippen molar-refractivity contribution < 1.29 is 4.39 Å². The number of nitrogens with two attached hydrogens (primary N) is 1. The number of anilines is 1. The van der Waals surface area contributed by atoms with Crippen molar-refractivity contribution >= 4 is 5.69 Å².